The van der Waals surface area contributed by atoms with E-state index >= 15 is 0 Å². The average molecular weight is 289 g/mol. The van der Waals surface area contributed by atoms with Crippen molar-refractivity contribution in [1.29, 1.82) is 0 Å². The number of aryl methyl sites for hydroxylation is 1. The standard InChI is InChI=1S/C17H27N3O/c1-13-19-10-6-15(20-13)16(18-2)14-7-11-21-17(12-14)8-4-3-5-9-17/h6,10,14,16,18H,3-5,7-9,11-12H2,1-2H3. The molecule has 1 spiro atoms. The Morgan fingerprint density at radius 2 is 2.14 bits per heavy atom. The van der Waals surface area contributed by atoms with Crippen molar-refractivity contribution in [1.82, 2.24) is 15.3 Å². The van der Waals surface area contributed by atoms with Crippen LogP contribution in [0, 0.1) is 12.8 Å². The van der Waals surface area contributed by atoms with Gasteiger partial charge in [-0.3, -0.25) is 0 Å². The summed E-state index contributed by atoms with van der Waals surface area (Å²) in [7, 11) is 2.05. The van der Waals surface area contributed by atoms with Crippen molar-refractivity contribution in [2.24, 2.45) is 5.92 Å². The van der Waals surface area contributed by atoms with E-state index in [9.17, 15) is 0 Å². The first-order valence-corrected chi connectivity index (χ1v) is 8.33. The molecule has 1 aliphatic carbocycles. The number of ether oxygens (including phenoxy) is 1. The Hall–Kier alpha value is -1.00. The normalized spacial score (nSPS) is 26.7. The van der Waals surface area contributed by atoms with E-state index in [1.807, 2.05) is 20.2 Å². The van der Waals surface area contributed by atoms with Gasteiger partial charge in [-0.2, -0.15) is 0 Å². The molecule has 21 heavy (non-hydrogen) atoms. The summed E-state index contributed by atoms with van der Waals surface area (Å²) in [6, 6.07) is 2.37. The first-order valence-electron chi connectivity index (χ1n) is 8.33. The zero-order valence-corrected chi connectivity index (χ0v) is 13.3. The van der Waals surface area contributed by atoms with Crippen LogP contribution in [0.5, 0.6) is 0 Å². The van der Waals surface area contributed by atoms with Gasteiger partial charge < -0.3 is 10.1 Å². The highest BCUT2D eigenvalue weighted by Crippen LogP contribution is 2.43. The fraction of sp³-hybridized carbons (Fsp3) is 0.765. The molecule has 0 aromatic carbocycles. The quantitative estimate of drug-likeness (QED) is 0.928. The molecule has 4 heteroatoms. The molecule has 3 rings (SSSR count). The fourth-order valence-corrected chi connectivity index (χ4v) is 4.17. The van der Waals surface area contributed by atoms with Crippen molar-refractivity contribution in [3.63, 3.8) is 0 Å². The van der Waals surface area contributed by atoms with E-state index in [1.165, 1.54) is 38.5 Å². The minimum Gasteiger partial charge on any atom is -0.375 e. The van der Waals surface area contributed by atoms with Crippen molar-refractivity contribution < 1.29 is 4.74 Å². The van der Waals surface area contributed by atoms with Crippen LogP contribution in [0.25, 0.3) is 0 Å². The minimum absolute atomic E-state index is 0.151. The van der Waals surface area contributed by atoms with Crippen molar-refractivity contribution >= 4 is 0 Å². The lowest BCUT2D eigenvalue weighted by molar-refractivity contribution is -0.122. The van der Waals surface area contributed by atoms with Crippen molar-refractivity contribution in [2.45, 2.75) is 63.5 Å². The lowest BCUT2D eigenvalue weighted by Crippen LogP contribution is -2.44. The Kier molecular flexibility index (Phi) is 4.55. The highest BCUT2D eigenvalue weighted by molar-refractivity contribution is 5.10. The Bertz CT molecular complexity index is 465. The van der Waals surface area contributed by atoms with Crippen molar-refractivity contribution in [2.75, 3.05) is 13.7 Å². The van der Waals surface area contributed by atoms with E-state index in [4.69, 9.17) is 4.74 Å². The molecule has 1 aromatic heterocycles. The summed E-state index contributed by atoms with van der Waals surface area (Å²) in [5.41, 5.74) is 1.28. The Morgan fingerprint density at radius 3 is 2.86 bits per heavy atom. The molecular formula is C17H27N3O. The molecule has 1 aromatic rings. The monoisotopic (exact) mass is 289 g/mol. The lowest BCUT2D eigenvalue weighted by Gasteiger charge is -2.45. The molecule has 2 heterocycles. The van der Waals surface area contributed by atoms with Gasteiger partial charge in [-0.1, -0.05) is 19.3 Å². The summed E-state index contributed by atoms with van der Waals surface area (Å²) in [5, 5.41) is 3.49. The van der Waals surface area contributed by atoms with Gasteiger partial charge in [0.2, 0.25) is 0 Å². The second kappa shape index (κ2) is 6.41. The van der Waals surface area contributed by atoms with E-state index in [0.717, 1.165) is 24.5 Å². The molecule has 2 aliphatic rings. The topological polar surface area (TPSA) is 47.0 Å². The molecule has 0 radical (unpaired) electrons. The molecule has 0 bridgehead atoms. The van der Waals surface area contributed by atoms with E-state index < -0.39 is 0 Å². The Labute approximate surface area is 127 Å². The van der Waals surface area contributed by atoms with Gasteiger partial charge in [-0.25, -0.2) is 9.97 Å². The van der Waals surface area contributed by atoms with Gasteiger partial charge in [0.25, 0.3) is 0 Å². The number of rotatable bonds is 3. The Balaban J connectivity index is 1.77. The SMILES string of the molecule is CNC(c1ccnc(C)n1)C1CCOC2(CCCCC2)C1. The van der Waals surface area contributed by atoms with Gasteiger partial charge in [-0.05, 0) is 51.6 Å². The molecule has 116 valence electrons. The van der Waals surface area contributed by atoms with E-state index in [1.54, 1.807) is 0 Å². The zero-order valence-electron chi connectivity index (χ0n) is 13.3. The van der Waals surface area contributed by atoms with Crippen LogP contribution >= 0.6 is 0 Å². The minimum atomic E-state index is 0.151. The van der Waals surface area contributed by atoms with Gasteiger partial charge in [0.1, 0.15) is 5.82 Å². The van der Waals surface area contributed by atoms with Crippen LogP contribution in [0.3, 0.4) is 0 Å². The van der Waals surface area contributed by atoms with Crippen LogP contribution in [-0.2, 0) is 4.74 Å². The summed E-state index contributed by atoms with van der Waals surface area (Å²) in [6.45, 7) is 2.86. The zero-order chi connectivity index (χ0) is 14.7. The van der Waals surface area contributed by atoms with Gasteiger partial charge >= 0.3 is 0 Å². The second-order valence-electron chi connectivity index (χ2n) is 6.64. The molecule has 1 aliphatic heterocycles. The third kappa shape index (κ3) is 3.27. The van der Waals surface area contributed by atoms with Crippen LogP contribution in [0.2, 0.25) is 0 Å². The van der Waals surface area contributed by atoms with Gasteiger partial charge in [-0.15, -0.1) is 0 Å². The summed E-state index contributed by atoms with van der Waals surface area (Å²) >= 11 is 0. The van der Waals surface area contributed by atoms with Crippen LogP contribution in [0.15, 0.2) is 12.3 Å². The summed E-state index contributed by atoms with van der Waals surface area (Å²) < 4.78 is 6.23. The average Bonchev–Trinajstić information content (AvgIpc) is 2.49. The molecule has 1 saturated heterocycles. The lowest BCUT2D eigenvalue weighted by atomic mass is 9.73. The molecule has 2 fully saturated rings. The number of nitrogens with zero attached hydrogens (tertiary/aromatic N) is 2. The van der Waals surface area contributed by atoms with Crippen LogP contribution in [0.1, 0.15) is 62.5 Å². The molecule has 2 atom stereocenters. The number of hydrogen-bond acceptors (Lipinski definition) is 4. The number of nitrogens with one attached hydrogen (secondary N) is 1. The highest BCUT2D eigenvalue weighted by Gasteiger charge is 2.41. The third-order valence-electron chi connectivity index (χ3n) is 5.19. The third-order valence-corrected chi connectivity index (χ3v) is 5.19. The Morgan fingerprint density at radius 1 is 1.33 bits per heavy atom. The summed E-state index contributed by atoms with van der Waals surface area (Å²) in [6.07, 6.45) is 10.7. The van der Waals surface area contributed by atoms with E-state index in [2.05, 4.69) is 21.4 Å². The van der Waals surface area contributed by atoms with Gasteiger partial charge in [0, 0.05) is 12.8 Å². The van der Waals surface area contributed by atoms with Crippen LogP contribution in [-0.4, -0.2) is 29.2 Å². The van der Waals surface area contributed by atoms with Crippen LogP contribution in [0.4, 0.5) is 0 Å². The first kappa shape index (κ1) is 14.9. The molecule has 1 saturated carbocycles. The number of hydrogen-bond donors (Lipinski definition) is 1. The van der Waals surface area contributed by atoms with Crippen molar-refractivity contribution in [3.8, 4) is 0 Å². The first-order chi connectivity index (χ1) is 10.2. The fourth-order valence-electron chi connectivity index (χ4n) is 4.17. The van der Waals surface area contributed by atoms with Gasteiger partial charge in [0.15, 0.2) is 0 Å². The smallest absolute Gasteiger partial charge is 0.125 e. The molecule has 4 nitrogen and oxygen atoms in total. The predicted octanol–water partition coefficient (Wildman–Crippen LogP) is 3.18. The second-order valence-corrected chi connectivity index (χ2v) is 6.64. The predicted molar refractivity (Wildman–Crippen MR) is 83.1 cm³/mol. The highest BCUT2D eigenvalue weighted by atomic mass is 16.5. The van der Waals surface area contributed by atoms with E-state index in [0.29, 0.717) is 12.0 Å². The number of aromatic nitrogens is 2. The molecular weight excluding hydrogens is 262 g/mol. The molecule has 2 unspecified atom stereocenters. The summed E-state index contributed by atoms with van der Waals surface area (Å²) in [5.74, 6) is 1.46. The largest absolute Gasteiger partial charge is 0.375 e. The maximum atomic E-state index is 6.23. The molecule has 1 N–H and O–H groups in total. The van der Waals surface area contributed by atoms with E-state index in [-0.39, 0.29) is 5.60 Å². The van der Waals surface area contributed by atoms with Gasteiger partial charge in [0.05, 0.1) is 17.3 Å². The molecule has 0 amide bonds. The van der Waals surface area contributed by atoms with Crippen molar-refractivity contribution in [3.05, 3.63) is 23.8 Å². The maximum absolute atomic E-state index is 6.23. The summed E-state index contributed by atoms with van der Waals surface area (Å²) in [4.78, 5) is 8.86. The van der Waals surface area contributed by atoms with Crippen LogP contribution < -0.4 is 5.32 Å². The maximum Gasteiger partial charge on any atom is 0.125 e.